The zero-order chi connectivity index (χ0) is 11.7. The summed E-state index contributed by atoms with van der Waals surface area (Å²) in [7, 11) is 0. The molecule has 0 atom stereocenters. The molecule has 2 rings (SSSR count). The number of nitrogen functional groups attached to an aromatic ring is 1. The Morgan fingerprint density at radius 3 is 2.69 bits per heavy atom. The molecule has 2 N–H and O–H groups in total. The monoisotopic (exact) mass is 279 g/mol. The van der Waals surface area contributed by atoms with Gasteiger partial charge in [-0.05, 0) is 26.0 Å². The zero-order valence-corrected chi connectivity index (χ0v) is 10.9. The highest BCUT2D eigenvalue weighted by atomic mass is 79.9. The minimum atomic E-state index is 0.297. The second-order valence-electron chi connectivity index (χ2n) is 4.00. The Labute approximate surface area is 103 Å². The van der Waals surface area contributed by atoms with E-state index in [-0.39, 0.29) is 0 Å². The second-order valence-corrected chi connectivity index (χ2v) is 4.92. The summed E-state index contributed by atoms with van der Waals surface area (Å²) in [5.74, 6) is 0.559. The molecular formula is C12H14BrN3. The van der Waals surface area contributed by atoms with Crippen LogP contribution in [-0.4, -0.2) is 9.78 Å². The van der Waals surface area contributed by atoms with Crippen molar-refractivity contribution in [3.05, 3.63) is 34.8 Å². The van der Waals surface area contributed by atoms with Crippen molar-refractivity contribution in [3.63, 3.8) is 0 Å². The second kappa shape index (κ2) is 4.29. The summed E-state index contributed by atoms with van der Waals surface area (Å²) < 4.78 is 3.00. The highest BCUT2D eigenvalue weighted by molar-refractivity contribution is 9.10. The molecule has 1 heterocycles. The van der Waals surface area contributed by atoms with Gasteiger partial charge in [0.25, 0.3) is 0 Å². The van der Waals surface area contributed by atoms with E-state index in [4.69, 9.17) is 5.73 Å². The Hall–Kier alpha value is -1.29. The smallest absolute Gasteiger partial charge is 0.146 e. The van der Waals surface area contributed by atoms with Gasteiger partial charge in [0.2, 0.25) is 0 Å². The van der Waals surface area contributed by atoms with E-state index in [0.29, 0.717) is 11.9 Å². The fourth-order valence-electron chi connectivity index (χ4n) is 1.67. The van der Waals surface area contributed by atoms with E-state index >= 15 is 0 Å². The molecule has 0 radical (unpaired) electrons. The maximum absolute atomic E-state index is 5.75. The van der Waals surface area contributed by atoms with Crippen molar-refractivity contribution in [2.75, 3.05) is 5.73 Å². The van der Waals surface area contributed by atoms with Crippen molar-refractivity contribution in [1.82, 2.24) is 9.78 Å². The van der Waals surface area contributed by atoms with Gasteiger partial charge < -0.3 is 5.73 Å². The van der Waals surface area contributed by atoms with Crippen molar-refractivity contribution in [2.45, 2.75) is 19.9 Å². The Morgan fingerprint density at radius 1 is 1.31 bits per heavy atom. The van der Waals surface area contributed by atoms with Crippen LogP contribution in [-0.2, 0) is 0 Å². The molecule has 16 heavy (non-hydrogen) atoms. The largest absolute Gasteiger partial charge is 0.382 e. The van der Waals surface area contributed by atoms with Crippen LogP contribution >= 0.6 is 15.9 Å². The van der Waals surface area contributed by atoms with Gasteiger partial charge in [0.1, 0.15) is 5.82 Å². The van der Waals surface area contributed by atoms with Crippen molar-refractivity contribution in [1.29, 1.82) is 0 Å². The molecule has 2 aromatic rings. The number of benzene rings is 1. The lowest BCUT2D eigenvalue weighted by Gasteiger charge is -2.10. The quantitative estimate of drug-likeness (QED) is 0.915. The molecule has 84 valence electrons. The third-order valence-corrected chi connectivity index (χ3v) is 2.86. The summed E-state index contributed by atoms with van der Waals surface area (Å²) in [6.07, 6.45) is 0. The first-order chi connectivity index (χ1) is 7.58. The summed E-state index contributed by atoms with van der Waals surface area (Å²) in [6.45, 7) is 4.18. The molecule has 0 amide bonds. The molecule has 1 aromatic heterocycles. The third kappa shape index (κ3) is 2.11. The summed E-state index contributed by atoms with van der Waals surface area (Å²) >= 11 is 3.47. The van der Waals surface area contributed by atoms with E-state index in [0.717, 1.165) is 15.7 Å². The zero-order valence-electron chi connectivity index (χ0n) is 9.31. The predicted octanol–water partition coefficient (Wildman–Crippen LogP) is 3.48. The first-order valence-corrected chi connectivity index (χ1v) is 5.98. The van der Waals surface area contributed by atoms with Gasteiger partial charge in [-0.3, -0.25) is 4.68 Å². The summed E-state index contributed by atoms with van der Waals surface area (Å²) in [4.78, 5) is 0. The Bertz CT molecular complexity index is 503. The highest BCUT2D eigenvalue weighted by Gasteiger charge is 2.10. The molecular weight excluding hydrogens is 266 g/mol. The number of nitrogens with zero attached hydrogens (tertiary/aromatic N) is 2. The number of aromatic nitrogens is 2. The molecule has 0 aliphatic carbocycles. The topological polar surface area (TPSA) is 43.8 Å². The van der Waals surface area contributed by atoms with Gasteiger partial charge in [-0.2, -0.15) is 5.10 Å². The van der Waals surface area contributed by atoms with Gasteiger partial charge in [0.05, 0.1) is 5.69 Å². The predicted molar refractivity (Wildman–Crippen MR) is 70.2 cm³/mol. The van der Waals surface area contributed by atoms with Crippen molar-refractivity contribution in [3.8, 4) is 11.3 Å². The van der Waals surface area contributed by atoms with Gasteiger partial charge in [0.15, 0.2) is 0 Å². The fraction of sp³-hybridized carbons (Fsp3) is 0.250. The summed E-state index contributed by atoms with van der Waals surface area (Å²) in [5, 5.41) is 4.30. The molecule has 4 heteroatoms. The number of hydrogen-bond donors (Lipinski definition) is 1. The lowest BCUT2D eigenvalue weighted by atomic mass is 10.1. The first kappa shape index (κ1) is 11.2. The van der Waals surface area contributed by atoms with E-state index in [1.807, 2.05) is 22.9 Å². The lowest BCUT2D eigenvalue weighted by Crippen LogP contribution is -2.05. The molecule has 3 nitrogen and oxygen atoms in total. The maximum Gasteiger partial charge on any atom is 0.146 e. The number of rotatable bonds is 2. The minimum Gasteiger partial charge on any atom is -0.382 e. The SMILES string of the molecule is CC(C)n1nc(N)cc1-c1cccc(Br)c1. The highest BCUT2D eigenvalue weighted by Crippen LogP contribution is 2.26. The molecule has 0 saturated carbocycles. The van der Waals surface area contributed by atoms with Crippen LogP contribution in [0.25, 0.3) is 11.3 Å². The van der Waals surface area contributed by atoms with Crippen LogP contribution in [0.1, 0.15) is 19.9 Å². The van der Waals surface area contributed by atoms with E-state index in [1.165, 1.54) is 0 Å². The van der Waals surface area contributed by atoms with E-state index in [9.17, 15) is 0 Å². The van der Waals surface area contributed by atoms with Crippen molar-refractivity contribution >= 4 is 21.7 Å². The van der Waals surface area contributed by atoms with Crippen LogP contribution < -0.4 is 5.73 Å². The van der Waals surface area contributed by atoms with Gasteiger partial charge in [-0.25, -0.2) is 0 Å². The van der Waals surface area contributed by atoms with Gasteiger partial charge in [0, 0.05) is 22.1 Å². The minimum absolute atomic E-state index is 0.297. The molecule has 0 saturated heterocycles. The van der Waals surface area contributed by atoms with Crippen molar-refractivity contribution < 1.29 is 0 Å². The summed E-state index contributed by atoms with van der Waals surface area (Å²) in [5.41, 5.74) is 7.92. The summed E-state index contributed by atoms with van der Waals surface area (Å²) in [6, 6.07) is 10.3. The maximum atomic E-state index is 5.75. The standard InChI is InChI=1S/C12H14BrN3/c1-8(2)16-11(7-12(14)15-16)9-4-3-5-10(13)6-9/h3-8H,1-2H3,(H2,14,15). The van der Waals surface area contributed by atoms with Crippen LogP contribution in [0.15, 0.2) is 34.8 Å². The molecule has 0 spiro atoms. The Balaban J connectivity index is 2.55. The van der Waals surface area contributed by atoms with Gasteiger partial charge >= 0.3 is 0 Å². The molecule has 0 fully saturated rings. The van der Waals surface area contributed by atoms with Gasteiger partial charge in [-0.15, -0.1) is 0 Å². The van der Waals surface area contributed by atoms with Crippen LogP contribution in [0, 0.1) is 0 Å². The number of halogens is 1. The molecule has 1 aromatic carbocycles. The third-order valence-electron chi connectivity index (χ3n) is 2.36. The van der Waals surface area contributed by atoms with Gasteiger partial charge in [-0.1, -0.05) is 28.1 Å². The molecule has 0 aliphatic rings. The molecule has 0 unspecified atom stereocenters. The van der Waals surface area contributed by atoms with Crippen LogP contribution in [0.2, 0.25) is 0 Å². The van der Waals surface area contributed by atoms with E-state index in [2.05, 4.69) is 47.0 Å². The molecule has 0 aliphatic heterocycles. The van der Waals surface area contributed by atoms with E-state index in [1.54, 1.807) is 0 Å². The average molecular weight is 280 g/mol. The van der Waals surface area contributed by atoms with Crippen LogP contribution in [0.4, 0.5) is 5.82 Å². The number of anilines is 1. The van der Waals surface area contributed by atoms with Crippen LogP contribution in [0.5, 0.6) is 0 Å². The number of nitrogens with two attached hydrogens (primary N) is 1. The van der Waals surface area contributed by atoms with Crippen LogP contribution in [0.3, 0.4) is 0 Å². The number of hydrogen-bond acceptors (Lipinski definition) is 2. The van der Waals surface area contributed by atoms with E-state index < -0.39 is 0 Å². The normalized spacial score (nSPS) is 11.0. The van der Waals surface area contributed by atoms with Crippen molar-refractivity contribution in [2.24, 2.45) is 0 Å². The lowest BCUT2D eigenvalue weighted by molar-refractivity contribution is 0.540. The Kier molecular flexibility index (Phi) is 3.01. The molecule has 0 bridgehead atoms. The fourth-order valence-corrected chi connectivity index (χ4v) is 2.07. The Morgan fingerprint density at radius 2 is 2.06 bits per heavy atom. The average Bonchev–Trinajstić information content (AvgIpc) is 2.60. The first-order valence-electron chi connectivity index (χ1n) is 5.19.